The van der Waals surface area contributed by atoms with E-state index in [1.807, 2.05) is 6.07 Å². The zero-order valence-corrected chi connectivity index (χ0v) is 9.47. The largest absolute Gasteiger partial charge is 0.508 e. The molecule has 0 aliphatic rings. The van der Waals surface area contributed by atoms with Crippen LogP contribution in [0, 0.1) is 0 Å². The van der Waals surface area contributed by atoms with E-state index in [1.165, 1.54) is 11.3 Å². The van der Waals surface area contributed by atoms with E-state index in [2.05, 4.69) is 20.9 Å². The van der Waals surface area contributed by atoms with Crippen molar-refractivity contribution in [1.82, 2.24) is 4.98 Å². The van der Waals surface area contributed by atoms with Gasteiger partial charge in [0.05, 0.1) is 0 Å². The maximum atomic E-state index is 9.30. The summed E-state index contributed by atoms with van der Waals surface area (Å²) in [5.74, 6) is 0.214. The van der Waals surface area contributed by atoms with Crippen LogP contribution in [0.15, 0.2) is 28.2 Å². The van der Waals surface area contributed by atoms with E-state index in [0.29, 0.717) is 10.7 Å². The van der Waals surface area contributed by atoms with Gasteiger partial charge in [0.25, 0.3) is 0 Å². The average Bonchev–Trinajstić information content (AvgIpc) is 2.45. The lowest BCUT2D eigenvalue weighted by molar-refractivity contribution is 0.475. The second-order valence-electron chi connectivity index (χ2n) is 2.73. The van der Waals surface area contributed by atoms with Gasteiger partial charge in [-0.05, 0) is 28.1 Å². The first kappa shape index (κ1) is 9.48. The van der Waals surface area contributed by atoms with Crippen LogP contribution in [0.4, 0.5) is 5.00 Å². The number of nitrogen functional groups attached to an aromatic ring is 1. The monoisotopic (exact) mass is 270 g/mol. The van der Waals surface area contributed by atoms with Gasteiger partial charge in [0, 0.05) is 5.56 Å². The van der Waals surface area contributed by atoms with Gasteiger partial charge in [-0.25, -0.2) is 4.98 Å². The number of benzene rings is 1. The summed E-state index contributed by atoms with van der Waals surface area (Å²) in [6, 6.07) is 6.87. The fraction of sp³-hybridized carbons (Fsp3) is 0. The second kappa shape index (κ2) is 3.59. The number of anilines is 1. The molecule has 14 heavy (non-hydrogen) atoms. The summed E-state index contributed by atoms with van der Waals surface area (Å²) in [5.41, 5.74) is 7.30. The number of phenolic OH excluding ortho intramolecular Hbond substituents is 1. The number of aromatic nitrogens is 1. The van der Waals surface area contributed by atoms with E-state index in [1.54, 1.807) is 18.2 Å². The molecule has 0 aliphatic carbocycles. The number of thiazole rings is 1. The third-order valence-electron chi connectivity index (χ3n) is 1.75. The van der Waals surface area contributed by atoms with E-state index in [9.17, 15) is 5.11 Å². The molecule has 3 nitrogen and oxygen atoms in total. The van der Waals surface area contributed by atoms with Crippen LogP contribution in [-0.2, 0) is 0 Å². The Morgan fingerprint density at radius 3 is 2.79 bits per heavy atom. The molecule has 0 unspecified atom stereocenters. The molecule has 0 spiro atoms. The number of nitrogens with zero attached hydrogens (tertiary/aromatic N) is 1. The molecular weight excluding hydrogens is 264 g/mol. The predicted octanol–water partition coefficient (Wildman–Crippen LogP) is 2.86. The fourth-order valence-corrected chi connectivity index (χ4v) is 2.44. The molecule has 2 aromatic rings. The zero-order valence-electron chi connectivity index (χ0n) is 7.07. The van der Waals surface area contributed by atoms with Crippen LogP contribution < -0.4 is 5.73 Å². The molecule has 2 rings (SSSR count). The summed E-state index contributed by atoms with van der Waals surface area (Å²) in [6.45, 7) is 0. The van der Waals surface area contributed by atoms with Crippen LogP contribution in [0.25, 0.3) is 11.3 Å². The van der Waals surface area contributed by atoms with Gasteiger partial charge < -0.3 is 10.8 Å². The molecule has 0 bridgehead atoms. The topological polar surface area (TPSA) is 59.1 Å². The molecule has 0 aliphatic heterocycles. The van der Waals surface area contributed by atoms with Gasteiger partial charge >= 0.3 is 0 Å². The van der Waals surface area contributed by atoms with Gasteiger partial charge in [-0.15, -0.1) is 0 Å². The molecular formula is C9H7BrN2OS. The Hall–Kier alpha value is -1.07. The van der Waals surface area contributed by atoms with Crippen molar-refractivity contribution in [1.29, 1.82) is 0 Å². The number of phenols is 1. The summed E-state index contributed by atoms with van der Waals surface area (Å²) in [7, 11) is 0. The van der Waals surface area contributed by atoms with E-state index in [4.69, 9.17) is 5.73 Å². The van der Waals surface area contributed by atoms with Gasteiger partial charge in [0.1, 0.15) is 16.4 Å². The summed E-state index contributed by atoms with van der Waals surface area (Å²) >= 11 is 4.64. The number of rotatable bonds is 1. The van der Waals surface area contributed by atoms with Crippen molar-refractivity contribution in [2.24, 2.45) is 0 Å². The molecule has 5 heteroatoms. The second-order valence-corrected chi connectivity index (χ2v) is 5.04. The van der Waals surface area contributed by atoms with Gasteiger partial charge in [-0.1, -0.05) is 23.5 Å². The van der Waals surface area contributed by atoms with E-state index in [0.717, 1.165) is 9.48 Å². The van der Waals surface area contributed by atoms with E-state index < -0.39 is 0 Å². The van der Waals surface area contributed by atoms with Crippen LogP contribution in [0.3, 0.4) is 0 Å². The van der Waals surface area contributed by atoms with Gasteiger partial charge in [0.2, 0.25) is 0 Å². The molecule has 0 amide bonds. The number of hydrogen-bond donors (Lipinski definition) is 2. The molecule has 72 valence electrons. The number of aromatic hydroxyl groups is 1. The lowest BCUT2D eigenvalue weighted by Gasteiger charge is -1.98. The number of hydrogen-bond acceptors (Lipinski definition) is 4. The first-order chi connectivity index (χ1) is 6.66. The summed E-state index contributed by atoms with van der Waals surface area (Å²) in [4.78, 5) is 4.22. The summed E-state index contributed by atoms with van der Waals surface area (Å²) in [5, 5.41) is 9.94. The molecule has 0 radical (unpaired) electrons. The Morgan fingerprint density at radius 2 is 2.21 bits per heavy atom. The third-order valence-corrected chi connectivity index (χ3v) is 3.08. The minimum absolute atomic E-state index is 0.214. The maximum Gasteiger partial charge on any atom is 0.161 e. The maximum absolute atomic E-state index is 9.30. The SMILES string of the molecule is Nc1sc(Br)nc1-c1cccc(O)c1. The Bertz CT molecular complexity index is 470. The van der Waals surface area contributed by atoms with Crippen LogP contribution in [0.5, 0.6) is 5.75 Å². The predicted molar refractivity (Wildman–Crippen MR) is 61.3 cm³/mol. The molecule has 1 heterocycles. The molecule has 0 atom stereocenters. The number of halogens is 1. The molecule has 0 saturated heterocycles. The highest BCUT2D eigenvalue weighted by Crippen LogP contribution is 2.34. The highest BCUT2D eigenvalue weighted by atomic mass is 79.9. The van der Waals surface area contributed by atoms with Crippen LogP contribution in [0.1, 0.15) is 0 Å². The van der Waals surface area contributed by atoms with Crippen LogP contribution in [0.2, 0.25) is 0 Å². The Labute approximate surface area is 93.4 Å². The quantitative estimate of drug-likeness (QED) is 0.838. The first-order valence-electron chi connectivity index (χ1n) is 3.88. The van der Waals surface area contributed by atoms with Crippen molar-refractivity contribution >= 4 is 32.3 Å². The summed E-state index contributed by atoms with van der Waals surface area (Å²) < 4.78 is 0.744. The first-order valence-corrected chi connectivity index (χ1v) is 5.49. The van der Waals surface area contributed by atoms with Crippen LogP contribution >= 0.6 is 27.3 Å². The smallest absolute Gasteiger partial charge is 0.161 e. The highest BCUT2D eigenvalue weighted by Gasteiger charge is 2.08. The van der Waals surface area contributed by atoms with Crippen molar-refractivity contribution in [3.05, 3.63) is 28.2 Å². The lowest BCUT2D eigenvalue weighted by Crippen LogP contribution is -1.85. The van der Waals surface area contributed by atoms with Crippen molar-refractivity contribution in [3.8, 4) is 17.0 Å². The Kier molecular flexibility index (Phi) is 2.43. The Morgan fingerprint density at radius 1 is 1.43 bits per heavy atom. The minimum Gasteiger partial charge on any atom is -0.508 e. The van der Waals surface area contributed by atoms with Gasteiger partial charge in [-0.2, -0.15) is 0 Å². The molecule has 1 aromatic carbocycles. The summed E-state index contributed by atoms with van der Waals surface area (Å²) in [6.07, 6.45) is 0. The standard InChI is InChI=1S/C9H7BrN2OS/c10-9-12-7(8(11)14-9)5-2-1-3-6(13)4-5/h1-4,13H,11H2. The number of nitrogens with two attached hydrogens (primary N) is 1. The molecule has 0 saturated carbocycles. The van der Waals surface area contributed by atoms with Gasteiger partial charge in [-0.3, -0.25) is 0 Å². The Balaban J connectivity index is 2.54. The highest BCUT2D eigenvalue weighted by molar-refractivity contribution is 9.11. The normalized spacial score (nSPS) is 10.4. The molecule has 0 fully saturated rings. The average molecular weight is 271 g/mol. The van der Waals surface area contributed by atoms with E-state index in [-0.39, 0.29) is 5.75 Å². The van der Waals surface area contributed by atoms with Crippen molar-refractivity contribution < 1.29 is 5.11 Å². The third kappa shape index (κ3) is 1.73. The molecule has 1 aromatic heterocycles. The van der Waals surface area contributed by atoms with Crippen LogP contribution in [-0.4, -0.2) is 10.1 Å². The van der Waals surface area contributed by atoms with E-state index >= 15 is 0 Å². The van der Waals surface area contributed by atoms with Gasteiger partial charge in [0.15, 0.2) is 3.92 Å². The fourth-order valence-electron chi connectivity index (χ4n) is 1.16. The molecule has 3 N–H and O–H groups in total. The zero-order chi connectivity index (χ0) is 10.1. The van der Waals surface area contributed by atoms with Crippen molar-refractivity contribution in [2.75, 3.05) is 5.73 Å². The lowest BCUT2D eigenvalue weighted by atomic mass is 10.1. The van der Waals surface area contributed by atoms with Crippen molar-refractivity contribution in [2.45, 2.75) is 0 Å². The van der Waals surface area contributed by atoms with Crippen molar-refractivity contribution in [3.63, 3.8) is 0 Å². The minimum atomic E-state index is 0.214.